The Balaban J connectivity index is 1.48. The zero-order chi connectivity index (χ0) is 25.2. The van der Waals surface area contributed by atoms with Crippen molar-refractivity contribution in [2.45, 2.75) is 52.0 Å². The summed E-state index contributed by atoms with van der Waals surface area (Å²) in [6.07, 6.45) is 6.05. The molecule has 0 unspecified atom stereocenters. The average molecular weight is 505 g/mol. The molecular formula is C31H37ClN2O2. The third-order valence-electron chi connectivity index (χ3n) is 6.64. The van der Waals surface area contributed by atoms with E-state index in [0.29, 0.717) is 18.7 Å². The molecule has 1 aliphatic rings. The van der Waals surface area contributed by atoms with Crippen LogP contribution in [-0.2, 0) is 19.4 Å². The molecule has 4 nitrogen and oxygen atoms in total. The van der Waals surface area contributed by atoms with Crippen LogP contribution in [0.2, 0.25) is 5.02 Å². The number of hydrogen-bond donors (Lipinski definition) is 1. The fraction of sp³-hybridized carbons (Fsp3) is 0.387. The molecule has 3 aromatic carbocycles. The van der Waals surface area contributed by atoms with E-state index in [2.05, 4.69) is 41.4 Å². The second-order valence-electron chi connectivity index (χ2n) is 9.64. The Hall–Kier alpha value is -2.82. The Labute approximate surface area is 220 Å². The predicted octanol–water partition coefficient (Wildman–Crippen LogP) is 6.68. The van der Waals surface area contributed by atoms with Gasteiger partial charge in [-0.05, 0) is 97.8 Å². The maximum Gasteiger partial charge on any atom is 0.251 e. The standard InChI is InChI=1S/C31H37ClN2O2/c1-2-17-34-18-4-3-5-19-36-30-14-11-27(22-28(30)21-25-7-6-8-26(20-25)23-34)31(35)33-16-15-24-9-12-29(32)13-10-24/h6-14,20,22H,2-5,15-19,21,23H2,1H3,(H,33,35). The minimum Gasteiger partial charge on any atom is -0.493 e. The van der Waals surface area contributed by atoms with Crippen molar-refractivity contribution in [3.8, 4) is 5.75 Å². The number of fused-ring (bicyclic) bond motifs is 3. The van der Waals surface area contributed by atoms with Gasteiger partial charge in [0.2, 0.25) is 0 Å². The number of rotatable bonds is 6. The quantitative estimate of drug-likeness (QED) is 0.407. The summed E-state index contributed by atoms with van der Waals surface area (Å²) >= 11 is 5.97. The molecule has 1 heterocycles. The molecule has 0 saturated carbocycles. The molecule has 1 amide bonds. The third-order valence-corrected chi connectivity index (χ3v) is 6.90. The van der Waals surface area contributed by atoms with Crippen LogP contribution in [0.1, 0.15) is 65.2 Å². The van der Waals surface area contributed by atoms with E-state index in [0.717, 1.165) is 67.2 Å². The Morgan fingerprint density at radius 3 is 2.67 bits per heavy atom. The van der Waals surface area contributed by atoms with E-state index in [1.807, 2.05) is 42.5 Å². The molecule has 36 heavy (non-hydrogen) atoms. The van der Waals surface area contributed by atoms with Gasteiger partial charge < -0.3 is 10.1 Å². The fourth-order valence-corrected chi connectivity index (χ4v) is 4.90. The number of benzene rings is 3. The molecule has 2 bridgehead atoms. The minimum absolute atomic E-state index is 0.0601. The lowest BCUT2D eigenvalue weighted by Crippen LogP contribution is -2.26. The summed E-state index contributed by atoms with van der Waals surface area (Å²) in [6, 6.07) is 22.4. The SMILES string of the molecule is CCCN1CCCCCOc2ccc(C(=O)NCCc3ccc(Cl)cc3)cc2Cc2cccc(c2)C1. The maximum atomic E-state index is 12.9. The van der Waals surface area contributed by atoms with Gasteiger partial charge in [-0.3, -0.25) is 9.69 Å². The smallest absolute Gasteiger partial charge is 0.251 e. The van der Waals surface area contributed by atoms with Gasteiger partial charge in [-0.25, -0.2) is 0 Å². The van der Waals surface area contributed by atoms with E-state index in [-0.39, 0.29) is 5.91 Å². The summed E-state index contributed by atoms with van der Waals surface area (Å²) in [5.74, 6) is 0.818. The summed E-state index contributed by atoms with van der Waals surface area (Å²) < 4.78 is 6.21. The molecule has 0 spiro atoms. The number of nitrogens with one attached hydrogen (secondary N) is 1. The highest BCUT2D eigenvalue weighted by atomic mass is 35.5. The summed E-state index contributed by atoms with van der Waals surface area (Å²) in [5.41, 5.74) is 5.46. The van der Waals surface area contributed by atoms with Gasteiger partial charge in [0.05, 0.1) is 6.61 Å². The van der Waals surface area contributed by atoms with E-state index in [1.165, 1.54) is 24.0 Å². The molecule has 0 aliphatic carbocycles. The van der Waals surface area contributed by atoms with Crippen molar-refractivity contribution in [3.05, 3.63) is 99.6 Å². The lowest BCUT2D eigenvalue weighted by molar-refractivity contribution is 0.0954. The van der Waals surface area contributed by atoms with Crippen LogP contribution in [0.5, 0.6) is 5.75 Å². The Kier molecular flexibility index (Phi) is 9.83. The van der Waals surface area contributed by atoms with Gasteiger partial charge in [-0.15, -0.1) is 0 Å². The number of nitrogens with zero attached hydrogens (tertiary/aromatic N) is 1. The Morgan fingerprint density at radius 2 is 1.83 bits per heavy atom. The largest absolute Gasteiger partial charge is 0.493 e. The van der Waals surface area contributed by atoms with E-state index in [1.54, 1.807) is 0 Å². The Bertz CT molecular complexity index is 1130. The molecule has 0 atom stereocenters. The lowest BCUT2D eigenvalue weighted by atomic mass is 9.99. The maximum absolute atomic E-state index is 12.9. The minimum atomic E-state index is -0.0601. The van der Waals surface area contributed by atoms with Crippen molar-refractivity contribution >= 4 is 17.5 Å². The van der Waals surface area contributed by atoms with Crippen molar-refractivity contribution in [1.29, 1.82) is 0 Å². The zero-order valence-corrected chi connectivity index (χ0v) is 22.0. The van der Waals surface area contributed by atoms with Gasteiger partial charge in [0.1, 0.15) is 5.75 Å². The first kappa shape index (κ1) is 26.2. The van der Waals surface area contributed by atoms with Gasteiger partial charge in [0, 0.05) is 30.1 Å². The molecule has 0 aromatic heterocycles. The van der Waals surface area contributed by atoms with Crippen LogP contribution < -0.4 is 10.1 Å². The van der Waals surface area contributed by atoms with Crippen LogP contribution in [-0.4, -0.2) is 37.0 Å². The molecule has 0 fully saturated rings. The van der Waals surface area contributed by atoms with Crippen molar-refractivity contribution in [2.24, 2.45) is 0 Å². The molecule has 1 aliphatic heterocycles. The van der Waals surface area contributed by atoms with Crippen LogP contribution in [0, 0.1) is 0 Å². The highest BCUT2D eigenvalue weighted by molar-refractivity contribution is 6.30. The number of amides is 1. The molecule has 3 aromatic rings. The summed E-state index contributed by atoms with van der Waals surface area (Å²) in [5, 5.41) is 3.78. The normalized spacial score (nSPS) is 14.8. The van der Waals surface area contributed by atoms with E-state index < -0.39 is 0 Å². The molecule has 5 heteroatoms. The van der Waals surface area contributed by atoms with Crippen LogP contribution in [0.3, 0.4) is 0 Å². The molecular weight excluding hydrogens is 468 g/mol. The average Bonchev–Trinajstić information content (AvgIpc) is 2.87. The summed E-state index contributed by atoms with van der Waals surface area (Å²) in [4.78, 5) is 15.5. The van der Waals surface area contributed by atoms with Crippen molar-refractivity contribution in [1.82, 2.24) is 10.2 Å². The molecule has 1 N–H and O–H groups in total. The second kappa shape index (κ2) is 13.5. The Morgan fingerprint density at radius 1 is 1.00 bits per heavy atom. The van der Waals surface area contributed by atoms with Gasteiger partial charge in [-0.1, -0.05) is 54.9 Å². The van der Waals surface area contributed by atoms with Gasteiger partial charge >= 0.3 is 0 Å². The summed E-state index contributed by atoms with van der Waals surface area (Å²) in [7, 11) is 0. The van der Waals surface area contributed by atoms with E-state index in [9.17, 15) is 4.79 Å². The summed E-state index contributed by atoms with van der Waals surface area (Å²) in [6.45, 7) is 6.77. The lowest BCUT2D eigenvalue weighted by Gasteiger charge is -2.22. The monoisotopic (exact) mass is 504 g/mol. The van der Waals surface area contributed by atoms with Gasteiger partial charge in [0.25, 0.3) is 5.91 Å². The number of hydrogen-bond acceptors (Lipinski definition) is 3. The fourth-order valence-electron chi connectivity index (χ4n) is 4.77. The highest BCUT2D eigenvalue weighted by Crippen LogP contribution is 2.25. The molecule has 190 valence electrons. The van der Waals surface area contributed by atoms with Crippen molar-refractivity contribution in [3.63, 3.8) is 0 Å². The predicted molar refractivity (Wildman–Crippen MR) is 148 cm³/mol. The molecule has 0 saturated heterocycles. The highest BCUT2D eigenvalue weighted by Gasteiger charge is 2.13. The third kappa shape index (κ3) is 7.84. The second-order valence-corrected chi connectivity index (χ2v) is 10.1. The first-order valence-electron chi connectivity index (χ1n) is 13.2. The molecule has 4 rings (SSSR count). The van der Waals surface area contributed by atoms with Crippen LogP contribution in [0.25, 0.3) is 0 Å². The van der Waals surface area contributed by atoms with Crippen molar-refractivity contribution < 1.29 is 9.53 Å². The van der Waals surface area contributed by atoms with Gasteiger partial charge in [-0.2, -0.15) is 0 Å². The zero-order valence-electron chi connectivity index (χ0n) is 21.3. The van der Waals surface area contributed by atoms with Crippen LogP contribution >= 0.6 is 11.6 Å². The van der Waals surface area contributed by atoms with E-state index in [4.69, 9.17) is 16.3 Å². The molecule has 0 radical (unpaired) electrons. The van der Waals surface area contributed by atoms with Crippen molar-refractivity contribution in [2.75, 3.05) is 26.2 Å². The van der Waals surface area contributed by atoms with Gasteiger partial charge in [0.15, 0.2) is 0 Å². The number of carbonyl (C=O) groups excluding carboxylic acids is 1. The van der Waals surface area contributed by atoms with E-state index >= 15 is 0 Å². The van der Waals surface area contributed by atoms with Crippen LogP contribution in [0.15, 0.2) is 66.7 Å². The number of ether oxygens (including phenoxy) is 1. The number of carbonyl (C=O) groups is 1. The first-order chi connectivity index (χ1) is 17.6. The van der Waals surface area contributed by atoms with Crippen LogP contribution in [0.4, 0.5) is 0 Å². The first-order valence-corrected chi connectivity index (χ1v) is 13.6. The topological polar surface area (TPSA) is 41.6 Å². The number of halogens is 1.